The molecule has 0 aliphatic carbocycles. The van der Waals surface area contributed by atoms with Gasteiger partial charge in [-0.2, -0.15) is 0 Å². The summed E-state index contributed by atoms with van der Waals surface area (Å²) in [6.07, 6.45) is 0.987. The van der Waals surface area contributed by atoms with E-state index in [2.05, 4.69) is 24.0 Å². The molecule has 1 aromatic heterocycles. The quantitative estimate of drug-likeness (QED) is 0.917. The molecule has 2 aromatic rings. The number of aryl methyl sites for hydroxylation is 2. The first kappa shape index (κ1) is 13.6. The van der Waals surface area contributed by atoms with Gasteiger partial charge in [0.1, 0.15) is 11.6 Å². The second kappa shape index (κ2) is 5.45. The van der Waals surface area contributed by atoms with Gasteiger partial charge in [-0.15, -0.1) is 0 Å². The second-order valence-electron chi connectivity index (χ2n) is 4.61. The molecule has 0 bridgehead atoms. The zero-order valence-electron chi connectivity index (χ0n) is 12.0. The van der Waals surface area contributed by atoms with Crippen LogP contribution in [0.1, 0.15) is 24.0 Å². The Balaban J connectivity index is 2.66. The van der Waals surface area contributed by atoms with Crippen molar-refractivity contribution in [1.82, 2.24) is 9.55 Å². The van der Waals surface area contributed by atoms with Gasteiger partial charge in [0.25, 0.3) is 0 Å². The minimum absolute atomic E-state index is 0.464. The van der Waals surface area contributed by atoms with Crippen molar-refractivity contribution in [3.8, 4) is 17.0 Å². The van der Waals surface area contributed by atoms with E-state index in [4.69, 9.17) is 10.5 Å². The largest absolute Gasteiger partial charge is 0.496 e. The molecule has 2 rings (SSSR count). The lowest BCUT2D eigenvalue weighted by Gasteiger charge is -2.10. The molecular formula is C15H21N3O. The van der Waals surface area contributed by atoms with Gasteiger partial charge in [-0.05, 0) is 31.0 Å². The summed E-state index contributed by atoms with van der Waals surface area (Å²) in [4.78, 5) is 4.64. The van der Waals surface area contributed by atoms with Crippen LogP contribution in [0.3, 0.4) is 0 Å². The zero-order chi connectivity index (χ0) is 14.0. The standard InChI is InChI=1S/C15H21N3O/c1-5-11-6-7-14(19-4)12(8-11)15-13(9-16)18(3)10(2)17-15/h6-8H,5,9,16H2,1-4H3. The molecule has 2 N–H and O–H groups in total. The van der Waals surface area contributed by atoms with Gasteiger partial charge >= 0.3 is 0 Å². The van der Waals surface area contributed by atoms with Crippen molar-refractivity contribution in [1.29, 1.82) is 0 Å². The Kier molecular flexibility index (Phi) is 3.90. The first-order chi connectivity index (χ1) is 9.12. The SMILES string of the molecule is CCc1ccc(OC)c(-c2nc(C)n(C)c2CN)c1. The van der Waals surface area contributed by atoms with Gasteiger partial charge < -0.3 is 15.0 Å². The highest BCUT2D eigenvalue weighted by atomic mass is 16.5. The predicted molar refractivity (Wildman–Crippen MR) is 77.2 cm³/mol. The first-order valence-corrected chi connectivity index (χ1v) is 6.51. The lowest BCUT2D eigenvalue weighted by atomic mass is 10.0. The van der Waals surface area contributed by atoms with Gasteiger partial charge in [0.2, 0.25) is 0 Å². The number of imidazole rings is 1. The molecule has 0 fully saturated rings. The van der Waals surface area contributed by atoms with Gasteiger partial charge in [-0.3, -0.25) is 0 Å². The fraction of sp³-hybridized carbons (Fsp3) is 0.400. The van der Waals surface area contributed by atoms with E-state index >= 15 is 0 Å². The first-order valence-electron chi connectivity index (χ1n) is 6.51. The van der Waals surface area contributed by atoms with Crippen molar-refractivity contribution >= 4 is 0 Å². The molecule has 19 heavy (non-hydrogen) atoms. The molecule has 0 radical (unpaired) electrons. The van der Waals surface area contributed by atoms with Crippen molar-refractivity contribution < 1.29 is 4.74 Å². The highest BCUT2D eigenvalue weighted by molar-refractivity contribution is 5.70. The van der Waals surface area contributed by atoms with E-state index in [1.54, 1.807) is 7.11 Å². The van der Waals surface area contributed by atoms with E-state index in [-0.39, 0.29) is 0 Å². The maximum Gasteiger partial charge on any atom is 0.128 e. The van der Waals surface area contributed by atoms with Crippen LogP contribution in [0, 0.1) is 6.92 Å². The molecule has 0 atom stereocenters. The van der Waals surface area contributed by atoms with Gasteiger partial charge in [0.05, 0.1) is 18.5 Å². The summed E-state index contributed by atoms with van der Waals surface area (Å²) in [5.74, 6) is 1.80. The molecule has 0 amide bonds. The topological polar surface area (TPSA) is 53.1 Å². The van der Waals surface area contributed by atoms with Crippen LogP contribution >= 0.6 is 0 Å². The molecule has 102 valence electrons. The molecule has 0 saturated heterocycles. The van der Waals surface area contributed by atoms with Crippen LogP contribution in [0.15, 0.2) is 18.2 Å². The smallest absolute Gasteiger partial charge is 0.128 e. The van der Waals surface area contributed by atoms with Gasteiger partial charge in [-0.1, -0.05) is 13.0 Å². The van der Waals surface area contributed by atoms with Crippen molar-refractivity contribution in [3.05, 3.63) is 35.3 Å². The minimum Gasteiger partial charge on any atom is -0.496 e. The molecule has 0 saturated carbocycles. The second-order valence-corrected chi connectivity index (χ2v) is 4.61. The van der Waals surface area contributed by atoms with E-state index in [1.807, 2.05) is 24.6 Å². The summed E-state index contributed by atoms with van der Waals surface area (Å²) in [6.45, 7) is 4.59. The van der Waals surface area contributed by atoms with E-state index < -0.39 is 0 Å². The molecule has 4 heteroatoms. The lowest BCUT2D eigenvalue weighted by molar-refractivity contribution is 0.416. The summed E-state index contributed by atoms with van der Waals surface area (Å²) in [6, 6.07) is 6.22. The number of hydrogen-bond donors (Lipinski definition) is 1. The third-order valence-corrected chi connectivity index (χ3v) is 3.56. The Hall–Kier alpha value is -1.81. The number of rotatable bonds is 4. The van der Waals surface area contributed by atoms with Gasteiger partial charge in [-0.25, -0.2) is 4.98 Å². The van der Waals surface area contributed by atoms with E-state index in [1.165, 1.54) is 5.56 Å². The highest BCUT2D eigenvalue weighted by Crippen LogP contribution is 2.32. The van der Waals surface area contributed by atoms with Crippen molar-refractivity contribution in [2.75, 3.05) is 7.11 Å². The third-order valence-electron chi connectivity index (χ3n) is 3.56. The van der Waals surface area contributed by atoms with Crippen molar-refractivity contribution in [2.24, 2.45) is 12.8 Å². The molecule has 0 spiro atoms. The average Bonchev–Trinajstić information content (AvgIpc) is 2.73. The zero-order valence-corrected chi connectivity index (χ0v) is 12.0. The summed E-state index contributed by atoms with van der Waals surface area (Å²) in [7, 11) is 3.67. The van der Waals surface area contributed by atoms with Crippen LogP contribution < -0.4 is 10.5 Å². The van der Waals surface area contributed by atoms with Crippen LogP contribution in [-0.4, -0.2) is 16.7 Å². The maximum absolute atomic E-state index is 5.86. The fourth-order valence-electron chi connectivity index (χ4n) is 2.26. The monoisotopic (exact) mass is 259 g/mol. The number of hydrogen-bond acceptors (Lipinski definition) is 3. The minimum atomic E-state index is 0.464. The number of benzene rings is 1. The fourth-order valence-corrected chi connectivity index (χ4v) is 2.26. The van der Waals surface area contributed by atoms with E-state index in [9.17, 15) is 0 Å². The normalized spacial score (nSPS) is 10.8. The summed E-state index contributed by atoms with van der Waals surface area (Å²) >= 11 is 0. The third kappa shape index (κ3) is 2.36. The van der Waals surface area contributed by atoms with Crippen LogP contribution in [0.25, 0.3) is 11.3 Å². The molecule has 0 aliphatic rings. The van der Waals surface area contributed by atoms with Gasteiger partial charge in [0, 0.05) is 19.2 Å². The van der Waals surface area contributed by atoms with Crippen molar-refractivity contribution in [2.45, 2.75) is 26.8 Å². The average molecular weight is 259 g/mol. The lowest BCUT2D eigenvalue weighted by Crippen LogP contribution is -2.05. The highest BCUT2D eigenvalue weighted by Gasteiger charge is 2.16. The molecule has 4 nitrogen and oxygen atoms in total. The Labute approximate surface area is 114 Å². The molecular weight excluding hydrogens is 238 g/mol. The number of nitrogens with zero attached hydrogens (tertiary/aromatic N) is 2. The Morgan fingerprint density at radius 3 is 2.68 bits per heavy atom. The molecule has 0 aliphatic heterocycles. The van der Waals surface area contributed by atoms with Crippen molar-refractivity contribution in [3.63, 3.8) is 0 Å². The molecule has 0 unspecified atom stereocenters. The van der Waals surface area contributed by atoms with Crippen LogP contribution in [0.5, 0.6) is 5.75 Å². The molecule has 1 aromatic carbocycles. The predicted octanol–water partition coefficient (Wildman–Crippen LogP) is 2.43. The number of aromatic nitrogens is 2. The number of methoxy groups -OCH3 is 1. The van der Waals surface area contributed by atoms with Gasteiger partial charge in [0.15, 0.2) is 0 Å². The maximum atomic E-state index is 5.86. The van der Waals surface area contributed by atoms with Crippen LogP contribution in [0.4, 0.5) is 0 Å². The van der Waals surface area contributed by atoms with Crippen LogP contribution in [-0.2, 0) is 20.0 Å². The number of nitrogens with two attached hydrogens (primary N) is 1. The van der Waals surface area contributed by atoms with E-state index in [0.29, 0.717) is 6.54 Å². The number of ether oxygens (including phenoxy) is 1. The Morgan fingerprint density at radius 1 is 1.37 bits per heavy atom. The summed E-state index contributed by atoms with van der Waals surface area (Å²) in [5, 5.41) is 0. The Bertz CT molecular complexity index is 587. The Morgan fingerprint density at radius 2 is 2.11 bits per heavy atom. The van der Waals surface area contributed by atoms with Crippen LogP contribution in [0.2, 0.25) is 0 Å². The molecule has 1 heterocycles. The summed E-state index contributed by atoms with van der Waals surface area (Å²) in [5.41, 5.74) is 10.1. The van der Waals surface area contributed by atoms with E-state index in [0.717, 1.165) is 34.9 Å². The summed E-state index contributed by atoms with van der Waals surface area (Å²) < 4.78 is 7.49.